The van der Waals surface area contributed by atoms with Gasteiger partial charge in [-0.2, -0.15) is 0 Å². The minimum atomic E-state index is -0.650. The van der Waals surface area contributed by atoms with Crippen molar-refractivity contribution in [1.82, 2.24) is 0 Å². The van der Waals surface area contributed by atoms with E-state index >= 15 is 0 Å². The lowest BCUT2D eigenvalue weighted by Crippen LogP contribution is -2.25. The van der Waals surface area contributed by atoms with Crippen LogP contribution in [-0.2, 0) is 0 Å². The average Bonchev–Trinajstić information content (AvgIpc) is 2.68. The third-order valence-electron chi connectivity index (χ3n) is 4.63. The summed E-state index contributed by atoms with van der Waals surface area (Å²) in [5.41, 5.74) is 6.46. The third kappa shape index (κ3) is 3.08. The van der Waals surface area contributed by atoms with Crippen molar-refractivity contribution in [3.05, 3.63) is 91.4 Å². The van der Waals surface area contributed by atoms with Crippen LogP contribution >= 0.6 is 34.8 Å². The molecule has 1 amide bonds. The number of amides is 1. The normalized spacial score (nSPS) is 12.4. The number of ketones is 2. The molecular formula is C21H11Cl3N2O3. The first-order chi connectivity index (χ1) is 13.8. The fourth-order valence-electron chi connectivity index (χ4n) is 3.28. The number of hydrogen-bond acceptors (Lipinski definition) is 4. The highest BCUT2D eigenvalue weighted by Gasteiger charge is 2.35. The van der Waals surface area contributed by atoms with Gasteiger partial charge in [0.05, 0.1) is 43.1 Å². The highest BCUT2D eigenvalue weighted by Crippen LogP contribution is 2.39. The third-order valence-corrected chi connectivity index (χ3v) is 5.57. The van der Waals surface area contributed by atoms with Gasteiger partial charge in [-0.05, 0) is 18.2 Å². The molecule has 144 valence electrons. The zero-order valence-corrected chi connectivity index (χ0v) is 16.8. The molecule has 0 aromatic heterocycles. The maximum absolute atomic E-state index is 13.1. The smallest absolute Gasteiger partial charge is 0.258 e. The molecule has 0 heterocycles. The monoisotopic (exact) mass is 444 g/mol. The molecule has 0 unspecified atom stereocenters. The van der Waals surface area contributed by atoms with Gasteiger partial charge in [-0.1, -0.05) is 65.1 Å². The highest BCUT2D eigenvalue weighted by atomic mass is 35.5. The molecule has 0 saturated heterocycles. The van der Waals surface area contributed by atoms with Gasteiger partial charge in [0.1, 0.15) is 0 Å². The number of fused-ring (bicyclic) bond motifs is 2. The van der Waals surface area contributed by atoms with Crippen molar-refractivity contribution in [3.63, 3.8) is 0 Å². The Morgan fingerprint density at radius 2 is 1.34 bits per heavy atom. The predicted octanol–water partition coefficient (Wildman–Crippen LogP) is 5.26. The van der Waals surface area contributed by atoms with Crippen LogP contribution in [0.4, 0.5) is 11.4 Å². The van der Waals surface area contributed by atoms with E-state index in [0.29, 0.717) is 0 Å². The number of benzene rings is 3. The van der Waals surface area contributed by atoms with Gasteiger partial charge >= 0.3 is 0 Å². The number of nitrogens with two attached hydrogens (primary N) is 1. The number of carbonyl (C=O) groups is 3. The molecule has 0 saturated carbocycles. The summed E-state index contributed by atoms with van der Waals surface area (Å²) in [6.45, 7) is 0. The Hall–Kier alpha value is -2.86. The van der Waals surface area contributed by atoms with Crippen LogP contribution in [-0.4, -0.2) is 17.5 Å². The van der Waals surface area contributed by atoms with Gasteiger partial charge in [-0.25, -0.2) is 0 Å². The van der Waals surface area contributed by atoms with E-state index in [1.165, 1.54) is 18.2 Å². The van der Waals surface area contributed by atoms with Gasteiger partial charge in [0, 0.05) is 11.1 Å². The molecule has 3 aromatic carbocycles. The van der Waals surface area contributed by atoms with Crippen molar-refractivity contribution in [2.24, 2.45) is 0 Å². The molecule has 0 spiro atoms. The molecule has 3 N–H and O–H groups in total. The first-order valence-corrected chi connectivity index (χ1v) is 9.50. The van der Waals surface area contributed by atoms with E-state index in [0.717, 1.165) is 0 Å². The lowest BCUT2D eigenvalue weighted by atomic mass is 9.82. The standard InChI is InChI=1S/C21H11Cl3N2O3/c22-11-6-3-7-12(23)15(11)21(29)26-14-8-13(24)18(25)17-16(14)19(27)9-4-1-2-5-10(9)20(17)28/h1-8H,25H2,(H,26,29). The summed E-state index contributed by atoms with van der Waals surface area (Å²) in [5.74, 6) is -1.54. The molecule has 4 rings (SSSR count). The summed E-state index contributed by atoms with van der Waals surface area (Å²) in [5, 5.41) is 2.90. The van der Waals surface area contributed by atoms with Crippen molar-refractivity contribution in [1.29, 1.82) is 0 Å². The minimum Gasteiger partial charge on any atom is -0.397 e. The van der Waals surface area contributed by atoms with Crippen molar-refractivity contribution >= 4 is 63.7 Å². The second-order valence-electron chi connectivity index (χ2n) is 6.32. The Morgan fingerprint density at radius 3 is 1.93 bits per heavy atom. The molecule has 0 fully saturated rings. The molecular weight excluding hydrogens is 435 g/mol. The fraction of sp³-hybridized carbons (Fsp3) is 0. The van der Waals surface area contributed by atoms with E-state index in [-0.39, 0.29) is 54.3 Å². The first-order valence-electron chi connectivity index (χ1n) is 8.37. The summed E-state index contributed by atoms with van der Waals surface area (Å²) >= 11 is 18.4. The van der Waals surface area contributed by atoms with Crippen LogP contribution < -0.4 is 11.1 Å². The predicted molar refractivity (Wildman–Crippen MR) is 114 cm³/mol. The number of hydrogen-bond donors (Lipinski definition) is 2. The van der Waals surface area contributed by atoms with Crippen LogP contribution in [0, 0.1) is 0 Å². The first kappa shape index (κ1) is 19.5. The minimum absolute atomic E-state index is 0.0212. The molecule has 29 heavy (non-hydrogen) atoms. The maximum atomic E-state index is 13.1. The van der Waals surface area contributed by atoms with E-state index in [1.807, 2.05) is 0 Å². The molecule has 3 aromatic rings. The van der Waals surface area contributed by atoms with E-state index in [2.05, 4.69) is 5.32 Å². The fourth-order valence-corrected chi connectivity index (χ4v) is 4.06. The summed E-state index contributed by atoms with van der Waals surface area (Å²) in [4.78, 5) is 39.0. The van der Waals surface area contributed by atoms with Gasteiger partial charge < -0.3 is 11.1 Å². The number of anilines is 2. The topological polar surface area (TPSA) is 89.3 Å². The van der Waals surface area contributed by atoms with Gasteiger partial charge in [0.2, 0.25) is 0 Å². The van der Waals surface area contributed by atoms with Crippen LogP contribution in [0.25, 0.3) is 0 Å². The summed E-state index contributed by atoms with van der Waals surface area (Å²) in [7, 11) is 0. The van der Waals surface area contributed by atoms with Crippen LogP contribution in [0.5, 0.6) is 0 Å². The van der Waals surface area contributed by atoms with Crippen molar-refractivity contribution < 1.29 is 14.4 Å². The summed E-state index contributed by atoms with van der Waals surface area (Å²) < 4.78 is 0. The molecule has 1 aliphatic rings. The molecule has 1 aliphatic carbocycles. The van der Waals surface area contributed by atoms with E-state index < -0.39 is 17.5 Å². The van der Waals surface area contributed by atoms with Crippen molar-refractivity contribution in [3.8, 4) is 0 Å². The summed E-state index contributed by atoms with van der Waals surface area (Å²) in [6, 6.07) is 12.3. The molecule has 5 nitrogen and oxygen atoms in total. The zero-order valence-electron chi connectivity index (χ0n) is 14.6. The van der Waals surface area contributed by atoms with Crippen LogP contribution in [0.1, 0.15) is 42.2 Å². The number of nitrogen functional groups attached to an aromatic ring is 1. The van der Waals surface area contributed by atoms with Gasteiger partial charge in [0.15, 0.2) is 11.6 Å². The number of rotatable bonds is 2. The van der Waals surface area contributed by atoms with Crippen molar-refractivity contribution in [2.75, 3.05) is 11.1 Å². The SMILES string of the molecule is Nc1c(Cl)cc(NC(=O)c2c(Cl)cccc2Cl)c2c1C(=O)c1ccccc1C2=O. The van der Waals surface area contributed by atoms with Gasteiger partial charge in [-0.3, -0.25) is 14.4 Å². The van der Waals surface area contributed by atoms with Crippen LogP contribution in [0.2, 0.25) is 15.1 Å². The van der Waals surface area contributed by atoms with Crippen LogP contribution in [0.3, 0.4) is 0 Å². The molecule has 0 radical (unpaired) electrons. The number of halogens is 3. The average molecular weight is 446 g/mol. The second kappa shape index (κ2) is 7.19. The summed E-state index contributed by atoms with van der Waals surface area (Å²) in [6.07, 6.45) is 0. The Balaban J connectivity index is 1.89. The Labute approximate surface area is 180 Å². The van der Waals surface area contributed by atoms with E-state index in [9.17, 15) is 14.4 Å². The molecule has 8 heteroatoms. The Morgan fingerprint density at radius 1 is 0.793 bits per heavy atom. The lowest BCUT2D eigenvalue weighted by molar-refractivity contribution is 0.0979. The largest absolute Gasteiger partial charge is 0.397 e. The maximum Gasteiger partial charge on any atom is 0.258 e. The molecule has 0 bridgehead atoms. The Kier molecular flexibility index (Phi) is 4.82. The van der Waals surface area contributed by atoms with E-state index in [1.54, 1.807) is 30.3 Å². The number of carbonyl (C=O) groups excluding carboxylic acids is 3. The number of nitrogens with one attached hydrogen (secondary N) is 1. The van der Waals surface area contributed by atoms with Crippen molar-refractivity contribution in [2.45, 2.75) is 0 Å². The van der Waals surface area contributed by atoms with E-state index in [4.69, 9.17) is 40.5 Å². The highest BCUT2D eigenvalue weighted by molar-refractivity contribution is 6.41. The van der Waals surface area contributed by atoms with Gasteiger partial charge in [-0.15, -0.1) is 0 Å². The molecule has 0 aliphatic heterocycles. The van der Waals surface area contributed by atoms with Crippen LogP contribution in [0.15, 0.2) is 48.5 Å². The Bertz CT molecular complexity index is 1220. The lowest BCUT2D eigenvalue weighted by Gasteiger charge is -2.22. The second-order valence-corrected chi connectivity index (χ2v) is 7.55. The zero-order chi connectivity index (χ0) is 20.9. The quantitative estimate of drug-likeness (QED) is 0.412. The van der Waals surface area contributed by atoms with Gasteiger partial charge in [0.25, 0.3) is 5.91 Å². The molecule has 0 atom stereocenters.